The van der Waals surface area contributed by atoms with Crippen LogP contribution >= 0.6 is 12.4 Å². The van der Waals surface area contributed by atoms with Crippen LogP contribution in [0.5, 0.6) is 0 Å². The van der Waals surface area contributed by atoms with Crippen LogP contribution in [0.1, 0.15) is 36.6 Å². The highest BCUT2D eigenvalue weighted by molar-refractivity contribution is 5.85. The molecule has 106 valence electrons. The summed E-state index contributed by atoms with van der Waals surface area (Å²) in [6.45, 7) is 2.97. The van der Waals surface area contributed by atoms with E-state index in [1.807, 2.05) is 0 Å². The van der Waals surface area contributed by atoms with Gasteiger partial charge in [0.05, 0.1) is 5.56 Å². The molecule has 0 spiro atoms. The molecule has 2 atom stereocenters. The van der Waals surface area contributed by atoms with Gasteiger partial charge in [-0.1, -0.05) is 24.0 Å². The quantitative estimate of drug-likeness (QED) is 0.782. The third-order valence-corrected chi connectivity index (χ3v) is 2.30. The molecule has 6 heteroatoms. The minimum absolute atomic E-state index is 0. The van der Waals surface area contributed by atoms with Gasteiger partial charge in [0.15, 0.2) is 0 Å². The number of alkyl halides is 3. The number of rotatable bonds is 1. The van der Waals surface area contributed by atoms with Gasteiger partial charge in [0.2, 0.25) is 0 Å². The van der Waals surface area contributed by atoms with E-state index in [1.54, 1.807) is 6.92 Å². The molecule has 0 radical (unpaired) electrons. The molecule has 0 unspecified atom stereocenters. The molecule has 0 aliphatic rings. The number of benzene rings is 1. The summed E-state index contributed by atoms with van der Waals surface area (Å²) in [7, 11) is 0. The number of hydrogen-bond donors (Lipinski definition) is 2. The third-order valence-electron chi connectivity index (χ3n) is 2.30. The standard InChI is InChI=1S/C13H14F3NO.ClH/c1-8(18)6-7-11-10(9(2)17)4-3-5-12(11)13(14,15)16;/h3-5,8-9,18H,17H2,1-2H3;1H/t8-,9-;/m1./s1. The summed E-state index contributed by atoms with van der Waals surface area (Å²) in [5, 5.41) is 9.05. The highest BCUT2D eigenvalue weighted by atomic mass is 35.5. The lowest BCUT2D eigenvalue weighted by Crippen LogP contribution is -2.14. The van der Waals surface area contributed by atoms with E-state index in [-0.39, 0.29) is 18.0 Å². The van der Waals surface area contributed by atoms with Crippen molar-refractivity contribution in [3.05, 3.63) is 34.9 Å². The summed E-state index contributed by atoms with van der Waals surface area (Å²) >= 11 is 0. The van der Waals surface area contributed by atoms with Crippen molar-refractivity contribution in [3.8, 4) is 11.8 Å². The first-order chi connectivity index (χ1) is 8.23. The molecule has 19 heavy (non-hydrogen) atoms. The van der Waals surface area contributed by atoms with Gasteiger partial charge < -0.3 is 10.8 Å². The van der Waals surface area contributed by atoms with Gasteiger partial charge in [-0.2, -0.15) is 13.2 Å². The molecule has 0 saturated heterocycles. The Hall–Kier alpha value is -1.22. The maximum absolute atomic E-state index is 12.8. The smallest absolute Gasteiger partial charge is 0.381 e. The molecule has 0 aliphatic heterocycles. The Morgan fingerprint density at radius 3 is 2.26 bits per heavy atom. The van der Waals surface area contributed by atoms with Gasteiger partial charge in [0, 0.05) is 11.6 Å². The number of hydrogen-bond acceptors (Lipinski definition) is 2. The Bertz CT molecular complexity index is 487. The second-order valence-electron chi connectivity index (χ2n) is 4.00. The average Bonchev–Trinajstić information content (AvgIpc) is 2.24. The number of aliphatic hydroxyl groups is 1. The van der Waals surface area contributed by atoms with E-state index < -0.39 is 23.9 Å². The first-order valence-corrected chi connectivity index (χ1v) is 5.38. The van der Waals surface area contributed by atoms with Crippen molar-refractivity contribution in [1.29, 1.82) is 0 Å². The van der Waals surface area contributed by atoms with Gasteiger partial charge in [-0.15, -0.1) is 12.4 Å². The fourth-order valence-electron chi connectivity index (χ4n) is 1.50. The SMILES string of the molecule is C[C@@H](O)C#Cc1c([C@@H](C)N)cccc1C(F)(F)F.Cl. The Morgan fingerprint density at radius 2 is 1.84 bits per heavy atom. The molecule has 0 fully saturated rings. The van der Waals surface area contributed by atoms with Crippen LogP contribution in [0.4, 0.5) is 13.2 Å². The van der Waals surface area contributed by atoms with E-state index in [1.165, 1.54) is 19.1 Å². The summed E-state index contributed by atoms with van der Waals surface area (Å²) in [6.07, 6.45) is -5.49. The molecule has 1 aromatic rings. The second-order valence-corrected chi connectivity index (χ2v) is 4.00. The lowest BCUT2D eigenvalue weighted by molar-refractivity contribution is -0.137. The maximum Gasteiger partial charge on any atom is 0.417 e. The lowest BCUT2D eigenvalue weighted by Gasteiger charge is -2.15. The van der Waals surface area contributed by atoms with E-state index >= 15 is 0 Å². The largest absolute Gasteiger partial charge is 0.417 e. The Balaban J connectivity index is 0.00000324. The van der Waals surface area contributed by atoms with Crippen molar-refractivity contribution in [2.75, 3.05) is 0 Å². The van der Waals surface area contributed by atoms with E-state index in [2.05, 4.69) is 11.8 Å². The van der Waals surface area contributed by atoms with Crippen LogP contribution in [-0.4, -0.2) is 11.2 Å². The Labute approximate surface area is 116 Å². The summed E-state index contributed by atoms with van der Waals surface area (Å²) in [6, 6.07) is 3.20. The van der Waals surface area contributed by atoms with Gasteiger partial charge in [0.1, 0.15) is 6.10 Å². The van der Waals surface area contributed by atoms with Crippen molar-refractivity contribution in [2.45, 2.75) is 32.2 Å². The highest BCUT2D eigenvalue weighted by Crippen LogP contribution is 2.34. The first kappa shape index (κ1) is 17.8. The normalized spacial score (nSPS) is 13.8. The highest BCUT2D eigenvalue weighted by Gasteiger charge is 2.34. The molecule has 0 aromatic heterocycles. The molecule has 1 aromatic carbocycles. The van der Waals surface area contributed by atoms with Gasteiger partial charge in [0.25, 0.3) is 0 Å². The average molecular weight is 294 g/mol. The molecule has 0 heterocycles. The second kappa shape index (κ2) is 6.80. The molecule has 2 nitrogen and oxygen atoms in total. The van der Waals surface area contributed by atoms with E-state index in [0.29, 0.717) is 5.56 Å². The summed E-state index contributed by atoms with van der Waals surface area (Å²) in [5.74, 6) is 4.69. The predicted molar refractivity (Wildman–Crippen MR) is 69.9 cm³/mol. The number of aliphatic hydroxyl groups excluding tert-OH is 1. The Kier molecular flexibility index (Phi) is 6.37. The van der Waals surface area contributed by atoms with Gasteiger partial charge >= 0.3 is 6.18 Å². The van der Waals surface area contributed by atoms with E-state index in [9.17, 15) is 13.2 Å². The summed E-state index contributed by atoms with van der Waals surface area (Å²) < 4.78 is 38.5. The molecule has 0 bridgehead atoms. The molecule has 0 saturated carbocycles. The van der Waals surface area contributed by atoms with Gasteiger partial charge in [-0.25, -0.2) is 0 Å². The lowest BCUT2D eigenvalue weighted by atomic mass is 9.96. The Morgan fingerprint density at radius 1 is 1.26 bits per heavy atom. The van der Waals surface area contributed by atoms with Crippen molar-refractivity contribution < 1.29 is 18.3 Å². The third kappa shape index (κ3) is 4.75. The zero-order chi connectivity index (χ0) is 13.9. The zero-order valence-electron chi connectivity index (χ0n) is 10.5. The van der Waals surface area contributed by atoms with Gasteiger partial charge in [-0.3, -0.25) is 0 Å². The minimum Gasteiger partial charge on any atom is -0.381 e. The number of halogens is 4. The van der Waals surface area contributed by atoms with Crippen LogP contribution in [0.15, 0.2) is 18.2 Å². The van der Waals surface area contributed by atoms with Crippen molar-refractivity contribution in [3.63, 3.8) is 0 Å². The fourth-order valence-corrected chi connectivity index (χ4v) is 1.50. The first-order valence-electron chi connectivity index (χ1n) is 5.38. The van der Waals surface area contributed by atoms with Gasteiger partial charge in [-0.05, 0) is 25.5 Å². The van der Waals surface area contributed by atoms with E-state index in [4.69, 9.17) is 10.8 Å². The topological polar surface area (TPSA) is 46.2 Å². The van der Waals surface area contributed by atoms with Crippen LogP contribution in [-0.2, 0) is 6.18 Å². The monoisotopic (exact) mass is 293 g/mol. The van der Waals surface area contributed by atoms with Crippen LogP contribution in [0.2, 0.25) is 0 Å². The maximum atomic E-state index is 12.8. The fraction of sp³-hybridized carbons (Fsp3) is 0.385. The molecule has 0 aliphatic carbocycles. The van der Waals surface area contributed by atoms with Crippen molar-refractivity contribution in [1.82, 2.24) is 0 Å². The van der Waals surface area contributed by atoms with Crippen molar-refractivity contribution >= 4 is 12.4 Å². The zero-order valence-corrected chi connectivity index (χ0v) is 11.3. The summed E-state index contributed by atoms with van der Waals surface area (Å²) in [5.41, 5.74) is 4.96. The van der Waals surface area contributed by atoms with Crippen LogP contribution in [0.25, 0.3) is 0 Å². The van der Waals surface area contributed by atoms with Crippen LogP contribution in [0.3, 0.4) is 0 Å². The molecular formula is C13H15ClF3NO. The molecule has 1 rings (SSSR count). The van der Waals surface area contributed by atoms with E-state index in [0.717, 1.165) is 6.07 Å². The predicted octanol–water partition coefficient (Wildman–Crippen LogP) is 2.88. The number of nitrogens with two attached hydrogens (primary N) is 1. The summed E-state index contributed by atoms with van der Waals surface area (Å²) in [4.78, 5) is 0. The van der Waals surface area contributed by atoms with Crippen LogP contribution in [0, 0.1) is 11.8 Å². The van der Waals surface area contributed by atoms with Crippen molar-refractivity contribution in [2.24, 2.45) is 5.73 Å². The van der Waals surface area contributed by atoms with Crippen LogP contribution < -0.4 is 5.73 Å². The molecule has 3 N–H and O–H groups in total. The molecular weight excluding hydrogens is 279 g/mol. The molecule has 0 amide bonds. The minimum atomic E-state index is -4.49.